The molecule has 1 saturated carbocycles. The van der Waals surface area contributed by atoms with Crippen molar-refractivity contribution in [2.45, 2.75) is 65.5 Å². The molecule has 1 aliphatic heterocycles. The molecule has 1 unspecified atom stereocenters. The second kappa shape index (κ2) is 7.81. The standard InChI is InChI=1S/C22H28FN5O2/c1-13(29)26-15-6-4-5-14(7-15)21(30)27-20-8-16(18(23)11-24-20)17-10-25-28-12-22(2,3)9-19(17)28/h8,10-11,14-15H,4-7,9,12H2,1-3H3,(H,26,29)(H,24,27,30)/t14?,15-/m0/s1. The third kappa shape index (κ3) is 4.22. The normalized spacial score (nSPS) is 22.4. The molecule has 8 heteroatoms. The molecule has 0 radical (unpaired) electrons. The van der Waals surface area contributed by atoms with Crippen molar-refractivity contribution in [2.24, 2.45) is 11.3 Å². The predicted octanol–water partition coefficient (Wildman–Crippen LogP) is 3.30. The van der Waals surface area contributed by atoms with Crippen LogP contribution >= 0.6 is 0 Å². The molecule has 3 heterocycles. The molecule has 2 aromatic heterocycles. The number of hydrogen-bond donors (Lipinski definition) is 2. The summed E-state index contributed by atoms with van der Waals surface area (Å²) < 4.78 is 16.5. The first-order valence-electron chi connectivity index (χ1n) is 10.5. The van der Waals surface area contributed by atoms with Gasteiger partial charge in [-0.1, -0.05) is 20.3 Å². The second-order valence-corrected chi connectivity index (χ2v) is 9.30. The van der Waals surface area contributed by atoms with Crippen LogP contribution in [0.4, 0.5) is 10.2 Å². The molecule has 160 valence electrons. The van der Waals surface area contributed by atoms with E-state index in [1.807, 2.05) is 4.68 Å². The van der Waals surface area contributed by atoms with Crippen LogP contribution in [-0.2, 0) is 22.6 Å². The van der Waals surface area contributed by atoms with Gasteiger partial charge in [0.1, 0.15) is 11.6 Å². The van der Waals surface area contributed by atoms with Crippen molar-refractivity contribution in [3.05, 3.63) is 30.0 Å². The topological polar surface area (TPSA) is 88.9 Å². The number of anilines is 1. The summed E-state index contributed by atoms with van der Waals surface area (Å²) in [6.07, 6.45) is 6.78. The van der Waals surface area contributed by atoms with Crippen molar-refractivity contribution in [3.8, 4) is 11.1 Å². The van der Waals surface area contributed by atoms with Crippen LogP contribution in [0.3, 0.4) is 0 Å². The van der Waals surface area contributed by atoms with Gasteiger partial charge in [-0.3, -0.25) is 14.3 Å². The Morgan fingerprint density at radius 1 is 1.23 bits per heavy atom. The Hall–Kier alpha value is -2.77. The Morgan fingerprint density at radius 2 is 2.03 bits per heavy atom. The Morgan fingerprint density at radius 3 is 2.80 bits per heavy atom. The van der Waals surface area contributed by atoms with Gasteiger partial charge in [-0.25, -0.2) is 9.37 Å². The lowest BCUT2D eigenvalue weighted by Crippen LogP contribution is -2.40. The third-order valence-electron chi connectivity index (χ3n) is 6.02. The number of rotatable bonds is 4. The molecule has 30 heavy (non-hydrogen) atoms. The first-order valence-corrected chi connectivity index (χ1v) is 10.5. The number of carbonyl (C=O) groups excluding carboxylic acids is 2. The van der Waals surface area contributed by atoms with Gasteiger partial charge in [0.15, 0.2) is 0 Å². The molecular weight excluding hydrogens is 385 g/mol. The Labute approximate surface area is 175 Å². The largest absolute Gasteiger partial charge is 0.354 e. The van der Waals surface area contributed by atoms with Gasteiger partial charge >= 0.3 is 0 Å². The number of halogens is 1. The SMILES string of the molecule is CC(=O)N[C@H]1CCCC(C(=O)Nc2cc(-c3cnn4c3CC(C)(C)C4)c(F)cn2)C1. The van der Waals surface area contributed by atoms with E-state index in [0.29, 0.717) is 17.8 Å². The number of fused-ring (bicyclic) bond motifs is 1. The number of nitrogens with one attached hydrogen (secondary N) is 2. The summed E-state index contributed by atoms with van der Waals surface area (Å²) >= 11 is 0. The van der Waals surface area contributed by atoms with Crippen LogP contribution in [-0.4, -0.2) is 32.6 Å². The summed E-state index contributed by atoms with van der Waals surface area (Å²) in [5.74, 6) is -0.529. The van der Waals surface area contributed by atoms with Crippen molar-refractivity contribution in [3.63, 3.8) is 0 Å². The van der Waals surface area contributed by atoms with E-state index in [1.54, 1.807) is 12.3 Å². The van der Waals surface area contributed by atoms with Crippen LogP contribution in [0.2, 0.25) is 0 Å². The zero-order valence-corrected chi connectivity index (χ0v) is 17.7. The van der Waals surface area contributed by atoms with Crippen LogP contribution in [0.15, 0.2) is 18.5 Å². The molecule has 7 nitrogen and oxygen atoms in total. The summed E-state index contributed by atoms with van der Waals surface area (Å²) in [4.78, 5) is 28.2. The van der Waals surface area contributed by atoms with Crippen molar-refractivity contribution in [2.75, 3.05) is 5.32 Å². The summed E-state index contributed by atoms with van der Waals surface area (Å²) in [7, 11) is 0. The fourth-order valence-electron chi connectivity index (χ4n) is 4.66. The minimum absolute atomic E-state index is 0.0158. The van der Waals surface area contributed by atoms with Gasteiger partial charge in [-0.15, -0.1) is 0 Å². The molecule has 2 aromatic rings. The molecule has 1 fully saturated rings. The van der Waals surface area contributed by atoms with Gasteiger partial charge in [0.2, 0.25) is 11.8 Å². The van der Waals surface area contributed by atoms with E-state index in [4.69, 9.17) is 0 Å². The van der Waals surface area contributed by atoms with Crippen molar-refractivity contribution in [1.82, 2.24) is 20.1 Å². The second-order valence-electron chi connectivity index (χ2n) is 9.30. The minimum atomic E-state index is -0.433. The molecule has 2 N–H and O–H groups in total. The zero-order valence-electron chi connectivity index (χ0n) is 17.7. The van der Waals surface area contributed by atoms with Gasteiger partial charge in [0.25, 0.3) is 0 Å². The quantitative estimate of drug-likeness (QED) is 0.805. The molecule has 0 aromatic carbocycles. The maximum atomic E-state index is 14.6. The van der Waals surface area contributed by atoms with E-state index in [-0.39, 0.29) is 29.2 Å². The van der Waals surface area contributed by atoms with Crippen LogP contribution < -0.4 is 10.6 Å². The number of carbonyl (C=O) groups is 2. The Kier molecular flexibility index (Phi) is 5.34. The van der Waals surface area contributed by atoms with E-state index >= 15 is 0 Å². The van der Waals surface area contributed by atoms with E-state index in [1.165, 1.54) is 6.92 Å². The highest BCUT2D eigenvalue weighted by Crippen LogP contribution is 2.38. The molecule has 0 saturated heterocycles. The van der Waals surface area contributed by atoms with E-state index < -0.39 is 5.82 Å². The average molecular weight is 413 g/mol. The molecule has 2 atom stereocenters. The number of aromatic nitrogens is 3. The number of hydrogen-bond acceptors (Lipinski definition) is 4. The van der Waals surface area contributed by atoms with Gasteiger partial charge in [0, 0.05) is 42.2 Å². The Balaban J connectivity index is 1.51. The van der Waals surface area contributed by atoms with Crippen LogP contribution in [0.25, 0.3) is 11.1 Å². The highest BCUT2D eigenvalue weighted by Gasteiger charge is 2.32. The lowest BCUT2D eigenvalue weighted by atomic mass is 9.85. The smallest absolute Gasteiger partial charge is 0.228 e. The van der Waals surface area contributed by atoms with Crippen LogP contribution in [0, 0.1) is 17.2 Å². The van der Waals surface area contributed by atoms with Crippen molar-refractivity contribution >= 4 is 17.6 Å². The Bertz CT molecular complexity index is 984. The van der Waals surface area contributed by atoms with Crippen LogP contribution in [0.5, 0.6) is 0 Å². The van der Waals surface area contributed by atoms with E-state index in [9.17, 15) is 14.0 Å². The maximum Gasteiger partial charge on any atom is 0.228 e. The first-order chi connectivity index (χ1) is 14.2. The first kappa shape index (κ1) is 20.5. The van der Waals surface area contributed by atoms with Gasteiger partial charge in [-0.05, 0) is 37.2 Å². The van der Waals surface area contributed by atoms with E-state index in [0.717, 1.165) is 49.7 Å². The highest BCUT2D eigenvalue weighted by molar-refractivity contribution is 5.92. The third-order valence-corrected chi connectivity index (χ3v) is 6.02. The maximum absolute atomic E-state index is 14.6. The van der Waals surface area contributed by atoms with Gasteiger partial charge < -0.3 is 10.6 Å². The molecule has 0 spiro atoms. The fraction of sp³-hybridized carbons (Fsp3) is 0.545. The summed E-state index contributed by atoms with van der Waals surface area (Å²) in [5.41, 5.74) is 2.25. The van der Waals surface area contributed by atoms with Gasteiger partial charge in [0.05, 0.1) is 12.4 Å². The number of amides is 2. The summed E-state index contributed by atoms with van der Waals surface area (Å²) in [6, 6.07) is 1.60. The minimum Gasteiger partial charge on any atom is -0.354 e. The van der Waals surface area contributed by atoms with E-state index in [2.05, 4.69) is 34.6 Å². The lowest BCUT2D eigenvalue weighted by molar-refractivity contribution is -0.123. The fourth-order valence-corrected chi connectivity index (χ4v) is 4.66. The van der Waals surface area contributed by atoms with Crippen molar-refractivity contribution in [1.29, 1.82) is 0 Å². The van der Waals surface area contributed by atoms with Crippen LogP contribution in [0.1, 0.15) is 52.1 Å². The van der Waals surface area contributed by atoms with Gasteiger partial charge in [-0.2, -0.15) is 5.10 Å². The predicted molar refractivity (Wildman–Crippen MR) is 111 cm³/mol. The molecule has 1 aliphatic carbocycles. The molecule has 0 bridgehead atoms. The molecule has 2 aliphatic rings. The van der Waals surface area contributed by atoms with Crippen molar-refractivity contribution < 1.29 is 14.0 Å². The summed E-state index contributed by atoms with van der Waals surface area (Å²) in [6.45, 7) is 6.62. The monoisotopic (exact) mass is 413 g/mol. The lowest BCUT2D eigenvalue weighted by Gasteiger charge is -2.28. The number of nitrogens with zero attached hydrogens (tertiary/aromatic N) is 3. The average Bonchev–Trinajstić information content (AvgIpc) is 3.18. The number of pyridine rings is 1. The molecule has 4 rings (SSSR count). The highest BCUT2D eigenvalue weighted by atomic mass is 19.1. The zero-order chi connectivity index (χ0) is 21.5. The molecular formula is C22H28FN5O2. The molecule has 2 amide bonds. The summed E-state index contributed by atoms with van der Waals surface area (Å²) in [5, 5.41) is 10.2.